The van der Waals surface area contributed by atoms with Crippen LogP contribution in [0.2, 0.25) is 0 Å². The SMILES string of the molecule is O=C(c1cncnc1)N1CCCCC1CO. The third-order valence-electron chi connectivity index (χ3n) is 2.91. The first-order chi connectivity index (χ1) is 7.83. The van der Waals surface area contributed by atoms with Crippen LogP contribution in [0.3, 0.4) is 0 Å². The van der Waals surface area contributed by atoms with Gasteiger partial charge in [-0.1, -0.05) is 0 Å². The monoisotopic (exact) mass is 221 g/mol. The fourth-order valence-electron chi connectivity index (χ4n) is 2.03. The average Bonchev–Trinajstić information content (AvgIpc) is 2.39. The molecule has 1 N–H and O–H groups in total. The molecule has 0 saturated carbocycles. The molecule has 2 rings (SSSR count). The van der Waals surface area contributed by atoms with Gasteiger partial charge in [-0.25, -0.2) is 9.97 Å². The predicted molar refractivity (Wildman–Crippen MR) is 57.8 cm³/mol. The molecule has 16 heavy (non-hydrogen) atoms. The maximum absolute atomic E-state index is 12.1. The lowest BCUT2D eigenvalue weighted by Crippen LogP contribution is -2.45. The normalized spacial score (nSPS) is 20.8. The minimum atomic E-state index is -0.0839. The third kappa shape index (κ3) is 2.19. The first-order valence-electron chi connectivity index (χ1n) is 5.50. The molecular formula is C11H15N3O2. The van der Waals surface area contributed by atoms with Crippen molar-refractivity contribution in [1.82, 2.24) is 14.9 Å². The number of carbonyl (C=O) groups is 1. The smallest absolute Gasteiger partial charge is 0.257 e. The molecule has 1 atom stereocenters. The van der Waals surface area contributed by atoms with E-state index in [1.54, 1.807) is 4.90 Å². The topological polar surface area (TPSA) is 66.3 Å². The van der Waals surface area contributed by atoms with E-state index in [0.29, 0.717) is 12.1 Å². The van der Waals surface area contributed by atoms with E-state index >= 15 is 0 Å². The summed E-state index contributed by atoms with van der Waals surface area (Å²) in [5.74, 6) is -0.0839. The summed E-state index contributed by atoms with van der Waals surface area (Å²) in [6.07, 6.45) is 7.36. The van der Waals surface area contributed by atoms with Gasteiger partial charge in [-0.15, -0.1) is 0 Å². The number of hydrogen-bond acceptors (Lipinski definition) is 4. The first kappa shape index (κ1) is 11.0. The Morgan fingerprint density at radius 1 is 1.44 bits per heavy atom. The van der Waals surface area contributed by atoms with E-state index in [-0.39, 0.29) is 18.6 Å². The highest BCUT2D eigenvalue weighted by Gasteiger charge is 2.26. The summed E-state index contributed by atoms with van der Waals surface area (Å²) in [4.78, 5) is 21.5. The molecular weight excluding hydrogens is 206 g/mol. The zero-order valence-electron chi connectivity index (χ0n) is 9.04. The van der Waals surface area contributed by atoms with Crippen LogP contribution in [0.1, 0.15) is 29.6 Å². The zero-order chi connectivity index (χ0) is 11.4. The number of rotatable bonds is 2. The molecule has 5 heteroatoms. The molecule has 2 heterocycles. The van der Waals surface area contributed by atoms with Crippen LogP contribution in [-0.4, -0.2) is 45.1 Å². The molecule has 1 amide bonds. The molecule has 1 aliphatic rings. The van der Waals surface area contributed by atoms with Gasteiger partial charge in [0.25, 0.3) is 5.91 Å². The Labute approximate surface area is 94.1 Å². The van der Waals surface area contributed by atoms with Crippen molar-refractivity contribution in [2.24, 2.45) is 0 Å². The highest BCUT2D eigenvalue weighted by atomic mass is 16.3. The van der Waals surface area contributed by atoms with Crippen LogP contribution in [0.15, 0.2) is 18.7 Å². The Morgan fingerprint density at radius 2 is 2.19 bits per heavy atom. The van der Waals surface area contributed by atoms with Gasteiger partial charge in [0.1, 0.15) is 6.33 Å². The van der Waals surface area contributed by atoms with Crippen molar-refractivity contribution in [1.29, 1.82) is 0 Å². The molecule has 0 aliphatic carbocycles. The minimum absolute atomic E-state index is 0.0272. The molecule has 1 fully saturated rings. The van der Waals surface area contributed by atoms with Crippen LogP contribution in [0, 0.1) is 0 Å². The molecule has 0 bridgehead atoms. The Bertz CT molecular complexity index is 356. The Morgan fingerprint density at radius 3 is 2.88 bits per heavy atom. The first-order valence-corrected chi connectivity index (χ1v) is 5.50. The molecule has 5 nitrogen and oxygen atoms in total. The maximum Gasteiger partial charge on any atom is 0.257 e. The summed E-state index contributed by atoms with van der Waals surface area (Å²) in [6.45, 7) is 0.735. The number of likely N-dealkylation sites (tertiary alicyclic amines) is 1. The van der Waals surface area contributed by atoms with Crippen molar-refractivity contribution in [3.63, 3.8) is 0 Å². The molecule has 86 valence electrons. The number of aromatic nitrogens is 2. The molecule has 1 aromatic rings. The second-order valence-corrected chi connectivity index (χ2v) is 3.96. The summed E-state index contributed by atoms with van der Waals surface area (Å²) < 4.78 is 0. The summed E-state index contributed by atoms with van der Waals surface area (Å²) in [7, 11) is 0. The maximum atomic E-state index is 12.1. The van der Waals surface area contributed by atoms with Crippen LogP contribution in [0.25, 0.3) is 0 Å². The quantitative estimate of drug-likeness (QED) is 0.788. The Kier molecular flexibility index (Phi) is 3.46. The van der Waals surface area contributed by atoms with Crippen LogP contribution >= 0.6 is 0 Å². The van der Waals surface area contributed by atoms with E-state index in [2.05, 4.69) is 9.97 Å². The van der Waals surface area contributed by atoms with Crippen molar-refractivity contribution >= 4 is 5.91 Å². The van der Waals surface area contributed by atoms with Gasteiger partial charge in [-0.2, -0.15) is 0 Å². The van der Waals surface area contributed by atoms with Crippen molar-refractivity contribution in [2.75, 3.05) is 13.2 Å². The van der Waals surface area contributed by atoms with Gasteiger partial charge in [-0.3, -0.25) is 4.79 Å². The lowest BCUT2D eigenvalue weighted by molar-refractivity contribution is 0.0502. The van der Waals surface area contributed by atoms with Crippen molar-refractivity contribution in [3.8, 4) is 0 Å². The van der Waals surface area contributed by atoms with Gasteiger partial charge >= 0.3 is 0 Å². The standard InChI is InChI=1S/C11H15N3O2/c15-7-10-3-1-2-4-14(10)11(16)9-5-12-8-13-6-9/h5-6,8,10,15H,1-4,7H2. The highest BCUT2D eigenvalue weighted by molar-refractivity contribution is 5.93. The number of aliphatic hydroxyl groups is 1. The van der Waals surface area contributed by atoms with Crippen molar-refractivity contribution in [3.05, 3.63) is 24.3 Å². The van der Waals surface area contributed by atoms with E-state index in [9.17, 15) is 9.90 Å². The number of hydrogen-bond donors (Lipinski definition) is 1. The molecule has 0 spiro atoms. The highest BCUT2D eigenvalue weighted by Crippen LogP contribution is 2.18. The lowest BCUT2D eigenvalue weighted by Gasteiger charge is -2.34. The third-order valence-corrected chi connectivity index (χ3v) is 2.91. The van der Waals surface area contributed by atoms with Gasteiger partial charge in [0.15, 0.2) is 0 Å². The van der Waals surface area contributed by atoms with Gasteiger partial charge in [0, 0.05) is 18.9 Å². The number of amides is 1. The molecule has 1 unspecified atom stereocenters. The number of nitrogens with zero attached hydrogens (tertiary/aromatic N) is 3. The fraction of sp³-hybridized carbons (Fsp3) is 0.545. The van der Waals surface area contributed by atoms with Crippen LogP contribution < -0.4 is 0 Å². The fourth-order valence-corrected chi connectivity index (χ4v) is 2.03. The molecule has 0 aromatic carbocycles. The molecule has 1 saturated heterocycles. The van der Waals surface area contributed by atoms with Gasteiger partial charge in [0.05, 0.1) is 18.2 Å². The van der Waals surface area contributed by atoms with Crippen molar-refractivity contribution < 1.29 is 9.90 Å². The van der Waals surface area contributed by atoms with Gasteiger partial charge in [-0.05, 0) is 19.3 Å². The van der Waals surface area contributed by atoms with Gasteiger partial charge < -0.3 is 10.0 Å². The van der Waals surface area contributed by atoms with E-state index in [0.717, 1.165) is 19.3 Å². The average molecular weight is 221 g/mol. The van der Waals surface area contributed by atoms with Crippen molar-refractivity contribution in [2.45, 2.75) is 25.3 Å². The molecule has 1 aromatic heterocycles. The second-order valence-electron chi connectivity index (χ2n) is 3.96. The van der Waals surface area contributed by atoms with Crippen LogP contribution in [0.5, 0.6) is 0 Å². The summed E-state index contributed by atoms with van der Waals surface area (Å²) in [5, 5.41) is 9.23. The number of aliphatic hydroxyl groups excluding tert-OH is 1. The Hall–Kier alpha value is -1.49. The number of carbonyl (C=O) groups excluding carboxylic acids is 1. The second kappa shape index (κ2) is 5.03. The molecule has 0 radical (unpaired) electrons. The number of piperidine rings is 1. The van der Waals surface area contributed by atoms with Crippen LogP contribution in [-0.2, 0) is 0 Å². The van der Waals surface area contributed by atoms with Crippen LogP contribution in [0.4, 0.5) is 0 Å². The zero-order valence-corrected chi connectivity index (χ0v) is 9.04. The van der Waals surface area contributed by atoms with Gasteiger partial charge in [0.2, 0.25) is 0 Å². The summed E-state index contributed by atoms with van der Waals surface area (Å²) in [5.41, 5.74) is 0.489. The molecule has 1 aliphatic heterocycles. The van der Waals surface area contributed by atoms with E-state index in [4.69, 9.17) is 0 Å². The minimum Gasteiger partial charge on any atom is -0.394 e. The lowest BCUT2D eigenvalue weighted by atomic mass is 10.0. The van der Waals surface area contributed by atoms with E-state index in [1.807, 2.05) is 0 Å². The summed E-state index contributed by atoms with van der Waals surface area (Å²) in [6, 6.07) is -0.0542. The Balaban J connectivity index is 2.14. The summed E-state index contributed by atoms with van der Waals surface area (Å²) >= 11 is 0. The predicted octanol–water partition coefficient (Wildman–Crippen LogP) is 0.464. The van der Waals surface area contributed by atoms with E-state index in [1.165, 1.54) is 18.7 Å². The van der Waals surface area contributed by atoms with E-state index < -0.39 is 0 Å². The largest absolute Gasteiger partial charge is 0.394 e.